The second-order valence-corrected chi connectivity index (χ2v) is 4.19. The van der Waals surface area contributed by atoms with E-state index < -0.39 is 0 Å². The number of hydrogen-bond acceptors (Lipinski definition) is 1. The number of halogens is 1. The van der Waals surface area contributed by atoms with E-state index in [9.17, 15) is 9.18 Å². The van der Waals surface area contributed by atoms with Crippen molar-refractivity contribution in [3.8, 4) is 0 Å². The molecule has 84 valence electrons. The number of nitrogens with zero attached hydrogens (tertiary/aromatic N) is 1. The zero-order chi connectivity index (χ0) is 11.7. The van der Waals surface area contributed by atoms with Crippen LogP contribution in [-0.4, -0.2) is 10.9 Å². The van der Waals surface area contributed by atoms with Gasteiger partial charge in [-0.05, 0) is 37.6 Å². The number of aldehydes is 1. The lowest BCUT2D eigenvalue weighted by molar-refractivity contribution is -0.107. The van der Waals surface area contributed by atoms with E-state index in [4.69, 9.17) is 0 Å². The van der Waals surface area contributed by atoms with Crippen molar-refractivity contribution >= 4 is 17.2 Å². The minimum atomic E-state index is -0.263. The van der Waals surface area contributed by atoms with E-state index in [0.717, 1.165) is 22.8 Å². The largest absolute Gasteiger partial charge is 0.345 e. The Bertz CT molecular complexity index is 528. The molecule has 1 heterocycles. The van der Waals surface area contributed by atoms with Crippen molar-refractivity contribution in [1.29, 1.82) is 0 Å². The van der Waals surface area contributed by atoms with Gasteiger partial charge >= 0.3 is 0 Å². The van der Waals surface area contributed by atoms with Gasteiger partial charge < -0.3 is 9.36 Å². The Morgan fingerprint density at radius 2 is 2.19 bits per heavy atom. The van der Waals surface area contributed by atoms with E-state index >= 15 is 0 Å². The first kappa shape index (κ1) is 10.9. The summed E-state index contributed by atoms with van der Waals surface area (Å²) in [7, 11) is 0. The highest BCUT2D eigenvalue weighted by molar-refractivity contribution is 5.86. The molecular weight excluding hydrogens is 205 g/mol. The molecule has 16 heavy (non-hydrogen) atoms. The zero-order valence-electron chi connectivity index (χ0n) is 9.40. The van der Waals surface area contributed by atoms with Crippen LogP contribution in [0.5, 0.6) is 0 Å². The van der Waals surface area contributed by atoms with Crippen LogP contribution < -0.4 is 0 Å². The molecule has 2 nitrogen and oxygen atoms in total. The lowest BCUT2D eigenvalue weighted by Gasteiger charge is -2.08. The van der Waals surface area contributed by atoms with Gasteiger partial charge in [0.2, 0.25) is 0 Å². The molecule has 1 aromatic carbocycles. The monoisotopic (exact) mass is 219 g/mol. The van der Waals surface area contributed by atoms with Gasteiger partial charge in [0.1, 0.15) is 12.1 Å². The number of fused-ring (bicyclic) bond motifs is 1. The molecule has 2 rings (SSSR count). The summed E-state index contributed by atoms with van der Waals surface area (Å²) in [6, 6.07) is 5.01. The lowest BCUT2D eigenvalue weighted by Crippen LogP contribution is -1.97. The Morgan fingerprint density at radius 3 is 2.81 bits per heavy atom. The fourth-order valence-corrected chi connectivity index (χ4v) is 1.98. The molecule has 0 atom stereocenters. The third-order valence-corrected chi connectivity index (χ3v) is 2.74. The Labute approximate surface area is 93.7 Å². The van der Waals surface area contributed by atoms with Crippen molar-refractivity contribution < 1.29 is 9.18 Å². The van der Waals surface area contributed by atoms with Gasteiger partial charge in [-0.1, -0.05) is 0 Å². The third kappa shape index (κ3) is 1.73. The SMILES string of the molecule is CC(C)n1cc(CC=O)c2cc(F)ccc21. The highest BCUT2D eigenvalue weighted by Crippen LogP contribution is 2.25. The van der Waals surface area contributed by atoms with E-state index in [1.165, 1.54) is 12.1 Å². The van der Waals surface area contributed by atoms with Crippen LogP contribution in [0.1, 0.15) is 25.5 Å². The zero-order valence-corrected chi connectivity index (χ0v) is 9.40. The molecule has 0 spiro atoms. The predicted octanol–water partition coefficient (Wildman–Crippen LogP) is 3.10. The molecule has 1 aromatic heterocycles. The lowest BCUT2D eigenvalue weighted by atomic mass is 10.1. The summed E-state index contributed by atoms with van der Waals surface area (Å²) in [4.78, 5) is 10.6. The molecule has 0 unspecified atom stereocenters. The Morgan fingerprint density at radius 1 is 1.44 bits per heavy atom. The molecule has 0 aliphatic rings. The maximum Gasteiger partial charge on any atom is 0.124 e. The van der Waals surface area contributed by atoms with Crippen molar-refractivity contribution in [1.82, 2.24) is 4.57 Å². The summed E-state index contributed by atoms with van der Waals surface area (Å²) in [5.41, 5.74) is 1.87. The van der Waals surface area contributed by atoms with Crippen molar-refractivity contribution in [2.24, 2.45) is 0 Å². The second kappa shape index (κ2) is 4.08. The predicted molar refractivity (Wildman–Crippen MR) is 62.0 cm³/mol. The first-order valence-electron chi connectivity index (χ1n) is 5.36. The van der Waals surface area contributed by atoms with E-state index in [-0.39, 0.29) is 5.82 Å². The molecule has 0 saturated carbocycles. The average Bonchev–Trinajstić information content (AvgIpc) is 2.58. The number of hydrogen-bond donors (Lipinski definition) is 0. The quantitative estimate of drug-likeness (QED) is 0.727. The summed E-state index contributed by atoms with van der Waals surface area (Å²) < 4.78 is 15.2. The summed E-state index contributed by atoms with van der Waals surface area (Å²) in [6.45, 7) is 4.13. The highest BCUT2D eigenvalue weighted by atomic mass is 19.1. The van der Waals surface area contributed by atoms with Crippen LogP contribution in [0.25, 0.3) is 10.9 Å². The third-order valence-electron chi connectivity index (χ3n) is 2.74. The molecule has 2 aromatic rings. The fourth-order valence-electron chi connectivity index (χ4n) is 1.98. The van der Waals surface area contributed by atoms with Crippen LogP contribution in [0.2, 0.25) is 0 Å². The first-order chi connectivity index (χ1) is 7.63. The molecule has 0 radical (unpaired) electrons. The van der Waals surface area contributed by atoms with Crippen LogP contribution in [0, 0.1) is 5.82 Å². The number of rotatable bonds is 3. The topological polar surface area (TPSA) is 22.0 Å². The van der Waals surface area contributed by atoms with Gasteiger partial charge in [-0.2, -0.15) is 0 Å². The van der Waals surface area contributed by atoms with Gasteiger partial charge in [-0.15, -0.1) is 0 Å². The molecule has 0 fully saturated rings. The molecular formula is C13H14FNO. The highest BCUT2D eigenvalue weighted by Gasteiger charge is 2.10. The van der Waals surface area contributed by atoms with Crippen molar-refractivity contribution in [2.45, 2.75) is 26.3 Å². The van der Waals surface area contributed by atoms with Crippen LogP contribution >= 0.6 is 0 Å². The maximum atomic E-state index is 13.2. The van der Waals surface area contributed by atoms with Crippen LogP contribution in [-0.2, 0) is 11.2 Å². The van der Waals surface area contributed by atoms with Crippen molar-refractivity contribution in [2.75, 3.05) is 0 Å². The fraction of sp³-hybridized carbons (Fsp3) is 0.308. The Hall–Kier alpha value is -1.64. The van der Waals surface area contributed by atoms with E-state index in [1.54, 1.807) is 6.07 Å². The van der Waals surface area contributed by atoms with Gasteiger partial charge in [0.05, 0.1) is 0 Å². The minimum Gasteiger partial charge on any atom is -0.345 e. The molecule has 0 bridgehead atoms. The van der Waals surface area contributed by atoms with Crippen LogP contribution in [0.4, 0.5) is 4.39 Å². The number of benzene rings is 1. The molecule has 3 heteroatoms. The standard InChI is InChI=1S/C13H14FNO/c1-9(2)15-8-10(5-6-16)12-7-11(14)3-4-13(12)15/h3-4,6-9H,5H2,1-2H3. The normalized spacial score (nSPS) is 11.2. The van der Waals surface area contributed by atoms with Crippen molar-refractivity contribution in [3.63, 3.8) is 0 Å². The smallest absolute Gasteiger partial charge is 0.124 e. The molecule has 0 saturated heterocycles. The van der Waals surface area contributed by atoms with Crippen molar-refractivity contribution in [3.05, 3.63) is 35.8 Å². The summed E-state index contributed by atoms with van der Waals surface area (Å²) in [6.07, 6.45) is 3.12. The second-order valence-electron chi connectivity index (χ2n) is 4.19. The maximum absolute atomic E-state index is 13.2. The number of carbonyl (C=O) groups is 1. The molecule has 0 aliphatic carbocycles. The minimum absolute atomic E-state index is 0.263. The van der Waals surface area contributed by atoms with E-state index in [0.29, 0.717) is 12.5 Å². The van der Waals surface area contributed by atoms with Gasteiger partial charge in [0, 0.05) is 29.6 Å². The Kier molecular flexibility index (Phi) is 2.77. The van der Waals surface area contributed by atoms with Gasteiger partial charge in [0.15, 0.2) is 0 Å². The first-order valence-corrected chi connectivity index (χ1v) is 5.36. The summed E-state index contributed by atoms with van der Waals surface area (Å²) >= 11 is 0. The van der Waals surface area contributed by atoms with E-state index in [1.807, 2.05) is 6.20 Å². The number of carbonyl (C=O) groups excluding carboxylic acids is 1. The van der Waals surface area contributed by atoms with Gasteiger partial charge in [-0.3, -0.25) is 0 Å². The van der Waals surface area contributed by atoms with E-state index in [2.05, 4.69) is 18.4 Å². The van der Waals surface area contributed by atoms with Gasteiger partial charge in [0.25, 0.3) is 0 Å². The average molecular weight is 219 g/mol. The molecule has 0 aliphatic heterocycles. The van der Waals surface area contributed by atoms with Crippen LogP contribution in [0.15, 0.2) is 24.4 Å². The molecule has 0 N–H and O–H groups in total. The number of aromatic nitrogens is 1. The van der Waals surface area contributed by atoms with Gasteiger partial charge in [-0.25, -0.2) is 4.39 Å². The summed E-state index contributed by atoms with van der Waals surface area (Å²) in [5.74, 6) is -0.263. The van der Waals surface area contributed by atoms with Crippen LogP contribution in [0.3, 0.4) is 0 Å². The summed E-state index contributed by atoms with van der Waals surface area (Å²) in [5, 5.41) is 0.834. The molecule has 0 amide bonds. The Balaban J connectivity index is 2.70.